The van der Waals surface area contributed by atoms with E-state index in [2.05, 4.69) is 34.6 Å². The number of nitrogens with zero attached hydrogens (tertiary/aromatic N) is 7. The van der Waals surface area contributed by atoms with E-state index in [4.69, 9.17) is 37.9 Å². The summed E-state index contributed by atoms with van der Waals surface area (Å²) >= 11 is 0. The van der Waals surface area contributed by atoms with Crippen molar-refractivity contribution >= 4 is 78.1 Å². The molecule has 7 aliphatic carbocycles. The van der Waals surface area contributed by atoms with Crippen molar-refractivity contribution in [1.82, 2.24) is 34.3 Å². The van der Waals surface area contributed by atoms with E-state index in [1.165, 1.54) is 113 Å². The lowest BCUT2D eigenvalue weighted by molar-refractivity contribution is -0.167. The van der Waals surface area contributed by atoms with Gasteiger partial charge in [0.15, 0.2) is 0 Å². The lowest BCUT2D eigenvalue weighted by Gasteiger charge is -2.61. The van der Waals surface area contributed by atoms with E-state index in [0.29, 0.717) is 89.6 Å². The first-order chi connectivity index (χ1) is 59.8. The Morgan fingerprint density at radius 1 is 0.397 bits per heavy atom. The van der Waals surface area contributed by atoms with E-state index < -0.39 is 59.0 Å². The van der Waals surface area contributed by atoms with Gasteiger partial charge in [-0.15, -0.1) is 0 Å². The summed E-state index contributed by atoms with van der Waals surface area (Å²) in [6.45, 7) is 34.7. The van der Waals surface area contributed by atoms with Crippen molar-refractivity contribution in [2.24, 2.45) is 40.9 Å². The van der Waals surface area contributed by atoms with Gasteiger partial charge in [0.1, 0.15) is 45.5 Å². The zero-order valence-corrected chi connectivity index (χ0v) is 79.7. The Bertz CT molecular complexity index is 3740. The molecule has 0 spiro atoms. The smallest absolute Gasteiger partial charge is 0.417 e. The Morgan fingerprint density at radius 3 is 1.11 bits per heavy atom. The Morgan fingerprint density at radius 2 is 0.754 bits per heavy atom. The molecule has 14 fully saturated rings. The maximum atomic E-state index is 12.4. The van der Waals surface area contributed by atoms with E-state index in [1.807, 2.05) is 93.5 Å². The monoisotopic (exact) mass is 1770 g/mol. The SMILES string of the molecule is CC(C)(OC(=O)N1CCCC1=O)C12CC3CC(CC(C3)C1)C2.CC(C)(OC(=O)N1CCCC1=O)C1CCCCC1.CC(C)C(C)(C)OC(=O)N1CCCC1=O.CCC(CC)(CC)OC(=O)N1CCCC1=O.CCC(CC)(OC(=O)N1CCCC1=O)C1CCCCC1.CCC1(OC(=O)N2CCCC2=O)CCCCC1.COc1ccc(C(C)OC(=O)N2CCCC2)cc1. The maximum absolute atomic E-state index is 12.4. The highest BCUT2D eigenvalue weighted by Crippen LogP contribution is 2.64. The molecule has 0 aromatic heterocycles. The van der Waals surface area contributed by atoms with Gasteiger partial charge in [-0.1, -0.05) is 112 Å². The second-order valence-electron chi connectivity index (χ2n) is 39.4. The highest BCUT2D eigenvalue weighted by atomic mass is 16.6. The molecule has 7 heterocycles. The third-order valence-corrected chi connectivity index (χ3v) is 30.1. The normalized spacial score (nSPS) is 23.4. The van der Waals surface area contributed by atoms with Crippen molar-refractivity contribution in [1.29, 1.82) is 0 Å². The van der Waals surface area contributed by atoms with E-state index in [-0.39, 0.29) is 70.2 Å². The van der Waals surface area contributed by atoms with E-state index >= 15 is 0 Å². The summed E-state index contributed by atoms with van der Waals surface area (Å²) in [5, 5.41) is 0. The van der Waals surface area contributed by atoms with Crippen molar-refractivity contribution in [3.63, 3.8) is 0 Å². The van der Waals surface area contributed by atoms with Gasteiger partial charge in [0.2, 0.25) is 35.4 Å². The molecule has 1 atom stereocenters. The topological polar surface area (TPSA) is 318 Å². The first-order valence-electron chi connectivity index (χ1n) is 48.6. The molecule has 7 aliphatic heterocycles. The number of rotatable bonds is 19. The van der Waals surface area contributed by atoms with Crippen LogP contribution in [0.3, 0.4) is 0 Å². The van der Waals surface area contributed by atoms with Crippen LogP contribution in [0, 0.1) is 40.9 Å². The number of likely N-dealkylation sites (tertiary alicyclic amines) is 7. The number of hydrogen-bond acceptors (Lipinski definition) is 21. The van der Waals surface area contributed by atoms with Crippen LogP contribution in [0.15, 0.2) is 24.3 Å². The number of amides is 13. The average Bonchev–Trinajstić information content (AvgIpc) is 1.26. The van der Waals surface area contributed by atoms with Gasteiger partial charge in [-0.3, -0.25) is 28.8 Å². The number of benzene rings is 1. The number of hydrogen-bond donors (Lipinski definition) is 0. The van der Waals surface area contributed by atoms with Gasteiger partial charge < -0.3 is 42.8 Å². The van der Waals surface area contributed by atoms with Crippen LogP contribution in [0.5, 0.6) is 5.75 Å². The minimum Gasteiger partial charge on any atom is -0.497 e. The molecule has 1 aromatic rings. The van der Waals surface area contributed by atoms with Crippen LogP contribution in [-0.2, 0) is 61.9 Å². The molecular formula is C98H157N7O21. The van der Waals surface area contributed by atoms with E-state index in [0.717, 1.165) is 183 Å². The molecule has 126 heavy (non-hydrogen) atoms. The van der Waals surface area contributed by atoms with Crippen LogP contribution in [0.4, 0.5) is 33.6 Å². The van der Waals surface area contributed by atoms with E-state index in [9.17, 15) is 62.3 Å². The summed E-state index contributed by atoms with van der Waals surface area (Å²) in [4.78, 5) is 162. The Hall–Kier alpha value is -8.07. The zero-order chi connectivity index (χ0) is 92.4. The molecule has 13 amide bonds. The quantitative estimate of drug-likeness (QED) is 0.116. The predicted octanol–water partition coefficient (Wildman–Crippen LogP) is 21.5. The molecule has 0 radical (unpaired) electrons. The number of methoxy groups -OCH3 is 1. The van der Waals surface area contributed by atoms with Crippen LogP contribution in [0.1, 0.15) is 379 Å². The zero-order valence-electron chi connectivity index (χ0n) is 79.7. The van der Waals surface area contributed by atoms with Crippen molar-refractivity contribution in [3.05, 3.63) is 29.8 Å². The van der Waals surface area contributed by atoms with Crippen molar-refractivity contribution in [2.75, 3.05) is 59.5 Å². The summed E-state index contributed by atoms with van der Waals surface area (Å²) in [7, 11) is 1.63. The third kappa shape index (κ3) is 27.7. The fraction of sp³-hybridized carbons (Fsp3) is 0.806. The van der Waals surface area contributed by atoms with Gasteiger partial charge in [-0.2, -0.15) is 0 Å². The van der Waals surface area contributed by atoms with Crippen molar-refractivity contribution in [2.45, 2.75) is 407 Å². The number of carbonyl (C=O) groups excluding carboxylic acids is 13. The van der Waals surface area contributed by atoms with Crippen LogP contribution in [0.2, 0.25) is 0 Å². The Balaban J connectivity index is 0.000000183. The summed E-state index contributed by atoms with van der Waals surface area (Å²) < 4.78 is 44.4. The van der Waals surface area contributed by atoms with Crippen molar-refractivity contribution in [3.8, 4) is 5.75 Å². The molecule has 0 N–H and O–H groups in total. The summed E-state index contributed by atoms with van der Waals surface area (Å²) in [5.41, 5.74) is -1.43. The minimum atomic E-state index is -0.528. The highest BCUT2D eigenvalue weighted by molar-refractivity contribution is 5.96. The van der Waals surface area contributed by atoms with Gasteiger partial charge in [0.25, 0.3) is 0 Å². The molecule has 7 saturated carbocycles. The van der Waals surface area contributed by atoms with Crippen LogP contribution in [-0.4, -0.2) is 205 Å². The predicted molar refractivity (Wildman–Crippen MR) is 477 cm³/mol. The number of ether oxygens (including phenoxy) is 8. The highest BCUT2D eigenvalue weighted by Gasteiger charge is 2.59. The molecule has 1 unspecified atom stereocenters. The lowest BCUT2D eigenvalue weighted by Crippen LogP contribution is -2.58. The first-order valence-corrected chi connectivity index (χ1v) is 48.6. The van der Waals surface area contributed by atoms with Crippen molar-refractivity contribution < 1.29 is 100 Å². The van der Waals surface area contributed by atoms with Gasteiger partial charge >= 0.3 is 42.7 Å². The van der Waals surface area contributed by atoms with Gasteiger partial charge in [0, 0.05) is 96.3 Å². The van der Waals surface area contributed by atoms with Crippen LogP contribution >= 0.6 is 0 Å². The first kappa shape index (κ1) is 103. The molecule has 7 saturated heterocycles. The third-order valence-electron chi connectivity index (χ3n) is 30.1. The Labute approximate surface area is 751 Å². The molecule has 710 valence electrons. The average molecular weight is 1770 g/mol. The molecule has 1 aromatic carbocycles. The molecule has 28 nitrogen and oxygen atoms in total. The standard InChI is InChI=1S/C18H27NO3.C16H27NO3.C14H19NO3.C14H23NO3.C13H21NO3.C12H21NO3.C11H19NO3/c1-17(2,22-16(21)19-5-3-4-15(19)20)18-9-12-6-13(10-18)8-14(7-12)11-18;1-3-16(4-2,13-9-6-5-7-10-13)20-15(19)17-12-8-11-14(17)18;1-11(12-5-7-13(17-2)8-6-12)18-14(16)15-9-3-4-10-15;1-14(2,11-7-4-3-5-8-11)18-13(17)15-10-6-9-12(15)16;1-2-13(8-4-3-5-9-13)17-12(16)14-10-6-7-11(14)15;1-4-12(5-2,6-3)16-11(15)13-9-7-8-10(13)14;1-8(2)11(3,4)15-10(14)12-7-5-6-9(12)13/h12-14H,3-11H2,1-2H3;13H,3-12H2,1-2H3;5-8,11H,3-4,9-10H2,1-2H3;11H,3-10H2,1-2H3;2-10H2,1H3;4-9H2,1-3H3;8H,5-7H2,1-4H3. The van der Waals surface area contributed by atoms with Gasteiger partial charge in [-0.25, -0.2) is 63.0 Å². The molecule has 4 bridgehead atoms. The summed E-state index contributed by atoms with van der Waals surface area (Å²) in [5.74, 6) is 3.81. The largest absolute Gasteiger partial charge is 0.497 e. The fourth-order valence-electron chi connectivity index (χ4n) is 21.0. The Kier molecular flexibility index (Phi) is 38.9. The minimum absolute atomic E-state index is 0.0775. The second kappa shape index (κ2) is 47.5. The molecule has 28 heteroatoms. The number of imide groups is 6. The summed E-state index contributed by atoms with van der Waals surface area (Å²) in [6, 6.07) is 7.58. The second-order valence-corrected chi connectivity index (χ2v) is 39.4. The van der Waals surface area contributed by atoms with Crippen LogP contribution in [0.25, 0.3) is 0 Å². The van der Waals surface area contributed by atoms with Gasteiger partial charge in [-0.05, 0) is 281 Å². The number of carbonyl (C=O) groups is 13. The van der Waals surface area contributed by atoms with Gasteiger partial charge in [0.05, 0.1) is 7.11 Å². The van der Waals surface area contributed by atoms with E-state index in [1.54, 1.807) is 12.0 Å². The molecular weight excluding hydrogens is 1610 g/mol. The molecule has 14 aliphatic rings. The lowest BCUT2D eigenvalue weighted by atomic mass is 9.46. The molecule has 15 rings (SSSR count). The fourth-order valence-corrected chi connectivity index (χ4v) is 21.0. The maximum Gasteiger partial charge on any atom is 0.417 e. The van der Waals surface area contributed by atoms with Crippen LogP contribution < -0.4 is 4.74 Å². The summed E-state index contributed by atoms with van der Waals surface area (Å²) in [6.07, 6.45) is 36.4.